The monoisotopic (exact) mass is 238 g/mol. The molecule has 1 heterocycles. The number of ether oxygens (including phenoxy) is 1. The largest absolute Gasteiger partial charge is 0.497 e. The van der Waals surface area contributed by atoms with Gasteiger partial charge in [0.1, 0.15) is 17.4 Å². The van der Waals surface area contributed by atoms with Crippen molar-refractivity contribution in [3.8, 4) is 5.75 Å². The molecule has 0 bridgehead atoms. The molecule has 5 heteroatoms. The van der Waals surface area contributed by atoms with Gasteiger partial charge in [-0.25, -0.2) is 4.39 Å². The predicted octanol–water partition coefficient (Wildman–Crippen LogP) is 1.87. The Balaban J connectivity index is 2.10. The summed E-state index contributed by atoms with van der Waals surface area (Å²) >= 11 is 0. The van der Waals surface area contributed by atoms with Gasteiger partial charge in [0.15, 0.2) is 0 Å². The predicted molar refractivity (Wildman–Crippen MR) is 62.8 cm³/mol. The van der Waals surface area contributed by atoms with Crippen LogP contribution in [-0.4, -0.2) is 26.6 Å². The Kier molecular flexibility index (Phi) is 3.58. The molecule has 2 rings (SSSR count). The van der Waals surface area contributed by atoms with E-state index in [1.807, 2.05) is 0 Å². The highest BCUT2D eigenvalue weighted by Crippen LogP contribution is 2.29. The molecule has 0 saturated carbocycles. The molecule has 0 saturated heterocycles. The molecule has 1 atom stereocenters. The Morgan fingerprint density at radius 2 is 2.24 bits per heavy atom. The summed E-state index contributed by atoms with van der Waals surface area (Å²) in [7, 11) is 3.05. The van der Waals surface area contributed by atoms with Crippen molar-refractivity contribution < 1.29 is 14.0 Å². The lowest BCUT2D eigenvalue weighted by Crippen LogP contribution is -2.20. The van der Waals surface area contributed by atoms with Crippen molar-refractivity contribution in [1.29, 1.82) is 0 Å². The molecule has 1 aliphatic heterocycles. The molecule has 0 aliphatic carbocycles. The second kappa shape index (κ2) is 5.14. The maximum Gasteiger partial charge on any atom is 0.130 e. The van der Waals surface area contributed by atoms with Gasteiger partial charge in [0.2, 0.25) is 0 Å². The van der Waals surface area contributed by atoms with E-state index in [2.05, 4.69) is 10.5 Å². The first-order valence-corrected chi connectivity index (χ1v) is 5.40. The third kappa shape index (κ3) is 2.55. The zero-order chi connectivity index (χ0) is 12.3. The van der Waals surface area contributed by atoms with Crippen molar-refractivity contribution in [2.24, 2.45) is 4.99 Å². The van der Waals surface area contributed by atoms with Crippen LogP contribution >= 0.6 is 0 Å². The third-order valence-electron chi connectivity index (χ3n) is 2.81. The number of rotatable bonds is 3. The molecule has 1 unspecified atom stereocenters. The van der Waals surface area contributed by atoms with Gasteiger partial charge in [-0.3, -0.25) is 15.3 Å². The molecule has 0 spiro atoms. The molecule has 1 aromatic rings. The van der Waals surface area contributed by atoms with Gasteiger partial charge in [0.05, 0.1) is 14.2 Å². The van der Waals surface area contributed by atoms with E-state index in [0.29, 0.717) is 24.3 Å². The molecule has 0 aromatic heterocycles. The Hall–Kier alpha value is -1.62. The molecule has 1 aliphatic rings. The SMILES string of the molecule is CONC1=NCC(c2ccc(OC)cc2F)C1. The van der Waals surface area contributed by atoms with Crippen molar-refractivity contribution in [2.75, 3.05) is 20.8 Å². The van der Waals surface area contributed by atoms with Crippen LogP contribution in [0.15, 0.2) is 23.2 Å². The minimum absolute atomic E-state index is 0.0681. The van der Waals surface area contributed by atoms with E-state index in [-0.39, 0.29) is 11.7 Å². The van der Waals surface area contributed by atoms with Gasteiger partial charge in [-0.1, -0.05) is 6.07 Å². The van der Waals surface area contributed by atoms with Crippen LogP contribution in [-0.2, 0) is 4.84 Å². The topological polar surface area (TPSA) is 42.8 Å². The molecule has 92 valence electrons. The quantitative estimate of drug-likeness (QED) is 0.817. The maximum atomic E-state index is 13.8. The number of hydroxylamine groups is 1. The highest BCUT2D eigenvalue weighted by atomic mass is 19.1. The number of amidine groups is 1. The molecule has 0 fully saturated rings. The first-order chi connectivity index (χ1) is 8.24. The summed E-state index contributed by atoms with van der Waals surface area (Å²) in [5.74, 6) is 1.11. The minimum atomic E-state index is -0.247. The molecule has 1 N–H and O–H groups in total. The smallest absolute Gasteiger partial charge is 0.130 e. The third-order valence-corrected chi connectivity index (χ3v) is 2.81. The number of aliphatic imine (C=N–C) groups is 1. The van der Waals surface area contributed by atoms with Crippen LogP contribution in [0.3, 0.4) is 0 Å². The number of halogens is 1. The second-order valence-electron chi connectivity index (χ2n) is 3.88. The summed E-state index contributed by atoms with van der Waals surface area (Å²) in [6.45, 7) is 0.578. The normalized spacial score (nSPS) is 19.0. The van der Waals surface area contributed by atoms with Crippen LogP contribution in [0.5, 0.6) is 5.75 Å². The maximum absolute atomic E-state index is 13.8. The number of benzene rings is 1. The lowest BCUT2D eigenvalue weighted by atomic mass is 9.97. The van der Waals surface area contributed by atoms with Crippen molar-refractivity contribution in [3.05, 3.63) is 29.6 Å². The second-order valence-corrected chi connectivity index (χ2v) is 3.88. The number of nitrogens with one attached hydrogen (secondary N) is 1. The van der Waals surface area contributed by atoms with Crippen LogP contribution < -0.4 is 10.2 Å². The van der Waals surface area contributed by atoms with E-state index in [0.717, 1.165) is 5.84 Å². The number of hydrogen-bond acceptors (Lipinski definition) is 4. The summed E-state index contributed by atoms with van der Waals surface area (Å²) in [4.78, 5) is 9.03. The zero-order valence-corrected chi connectivity index (χ0v) is 9.87. The number of hydrogen-bond donors (Lipinski definition) is 1. The number of nitrogens with zero attached hydrogens (tertiary/aromatic N) is 1. The average Bonchev–Trinajstić information content (AvgIpc) is 2.78. The van der Waals surface area contributed by atoms with Gasteiger partial charge >= 0.3 is 0 Å². The highest BCUT2D eigenvalue weighted by Gasteiger charge is 2.23. The minimum Gasteiger partial charge on any atom is -0.497 e. The van der Waals surface area contributed by atoms with Gasteiger partial charge < -0.3 is 4.74 Å². The fourth-order valence-electron chi connectivity index (χ4n) is 1.95. The first kappa shape index (κ1) is 11.9. The van der Waals surface area contributed by atoms with Crippen LogP contribution in [0.4, 0.5) is 4.39 Å². The van der Waals surface area contributed by atoms with Gasteiger partial charge in [-0.15, -0.1) is 0 Å². The summed E-state index contributed by atoms with van der Waals surface area (Å²) in [6.07, 6.45) is 0.664. The zero-order valence-electron chi connectivity index (χ0n) is 9.87. The Morgan fingerprint density at radius 1 is 1.41 bits per heavy atom. The van der Waals surface area contributed by atoms with E-state index in [4.69, 9.17) is 9.57 Å². The van der Waals surface area contributed by atoms with Crippen LogP contribution in [0.2, 0.25) is 0 Å². The Bertz CT molecular complexity index is 435. The standard InChI is InChI=1S/C12H15FN2O2/c1-16-9-3-4-10(11(13)6-9)8-5-12(14-7-8)15-17-2/h3-4,6,8H,5,7H2,1-2H3,(H,14,15). The van der Waals surface area contributed by atoms with Crippen molar-refractivity contribution in [1.82, 2.24) is 5.48 Å². The molecule has 17 heavy (non-hydrogen) atoms. The summed E-state index contributed by atoms with van der Waals surface area (Å²) in [6, 6.07) is 4.92. The van der Waals surface area contributed by atoms with Crippen LogP contribution in [0.1, 0.15) is 17.9 Å². The highest BCUT2D eigenvalue weighted by molar-refractivity contribution is 5.83. The molecule has 4 nitrogen and oxygen atoms in total. The fourth-order valence-corrected chi connectivity index (χ4v) is 1.95. The van der Waals surface area contributed by atoms with Crippen molar-refractivity contribution in [3.63, 3.8) is 0 Å². The molecular formula is C12H15FN2O2. The molecule has 0 radical (unpaired) electrons. The molecular weight excluding hydrogens is 223 g/mol. The lowest BCUT2D eigenvalue weighted by Gasteiger charge is -2.11. The summed E-state index contributed by atoms with van der Waals surface area (Å²) in [5, 5.41) is 0. The van der Waals surface area contributed by atoms with Gasteiger partial charge in [-0.05, 0) is 11.6 Å². The number of methoxy groups -OCH3 is 1. The van der Waals surface area contributed by atoms with E-state index in [1.54, 1.807) is 12.1 Å². The van der Waals surface area contributed by atoms with Crippen molar-refractivity contribution >= 4 is 5.84 Å². The average molecular weight is 238 g/mol. The van der Waals surface area contributed by atoms with E-state index >= 15 is 0 Å². The Labute approximate surface area is 99.4 Å². The van der Waals surface area contributed by atoms with Crippen LogP contribution in [0.25, 0.3) is 0 Å². The van der Waals surface area contributed by atoms with Gasteiger partial charge in [0, 0.05) is 24.9 Å². The molecule has 1 aromatic carbocycles. The van der Waals surface area contributed by atoms with E-state index in [1.165, 1.54) is 20.3 Å². The van der Waals surface area contributed by atoms with Gasteiger partial charge in [0.25, 0.3) is 0 Å². The summed E-state index contributed by atoms with van der Waals surface area (Å²) in [5.41, 5.74) is 3.36. The lowest BCUT2D eigenvalue weighted by molar-refractivity contribution is 0.143. The first-order valence-electron chi connectivity index (χ1n) is 5.40. The van der Waals surface area contributed by atoms with E-state index < -0.39 is 0 Å². The van der Waals surface area contributed by atoms with E-state index in [9.17, 15) is 4.39 Å². The fraction of sp³-hybridized carbons (Fsp3) is 0.417. The Morgan fingerprint density at radius 3 is 2.88 bits per heavy atom. The van der Waals surface area contributed by atoms with Crippen molar-refractivity contribution in [2.45, 2.75) is 12.3 Å². The summed E-state index contributed by atoms with van der Waals surface area (Å²) < 4.78 is 18.8. The molecule has 0 amide bonds. The van der Waals surface area contributed by atoms with Gasteiger partial charge in [-0.2, -0.15) is 0 Å². The van der Waals surface area contributed by atoms with Crippen LogP contribution in [0, 0.1) is 5.82 Å².